The Morgan fingerprint density at radius 1 is 1.36 bits per heavy atom. The van der Waals surface area contributed by atoms with Crippen molar-refractivity contribution in [2.24, 2.45) is 5.90 Å². The zero-order valence-electron chi connectivity index (χ0n) is 7.99. The molecule has 1 rings (SSSR count). The van der Waals surface area contributed by atoms with Crippen molar-refractivity contribution in [3.05, 3.63) is 35.9 Å². The van der Waals surface area contributed by atoms with Crippen molar-refractivity contribution in [2.75, 3.05) is 0 Å². The second-order valence-corrected chi connectivity index (χ2v) is 1.77. The molecule has 1 aromatic carbocycles. The third-order valence-corrected chi connectivity index (χ3v) is 1.12. The van der Waals surface area contributed by atoms with E-state index in [0.29, 0.717) is 5.56 Å². The number of benzene rings is 1. The molecule has 0 saturated carbocycles. The van der Waals surface area contributed by atoms with Crippen LogP contribution >= 0.6 is 0 Å². The average Bonchev–Trinajstić information content (AvgIpc) is 2.05. The van der Waals surface area contributed by atoms with Crippen molar-refractivity contribution in [1.29, 1.82) is 0 Å². The number of hydrogen-bond donors (Lipinski definition) is 1. The first-order valence-corrected chi connectivity index (χ1v) is 2.80. The van der Waals surface area contributed by atoms with Crippen LogP contribution < -0.4 is 5.90 Å². The van der Waals surface area contributed by atoms with Crippen LogP contribution in [0.25, 0.3) is 0 Å². The van der Waals surface area contributed by atoms with E-state index < -0.39 is 5.97 Å². The van der Waals surface area contributed by atoms with Crippen LogP contribution in [0.2, 0.25) is 0 Å². The summed E-state index contributed by atoms with van der Waals surface area (Å²) in [7, 11) is 0. The van der Waals surface area contributed by atoms with E-state index in [2.05, 4.69) is 10.7 Å². The van der Waals surface area contributed by atoms with E-state index in [-0.39, 0.29) is 40.6 Å². The van der Waals surface area contributed by atoms with E-state index in [9.17, 15) is 4.79 Å². The third kappa shape index (κ3) is 3.20. The van der Waals surface area contributed by atoms with Crippen molar-refractivity contribution in [3.8, 4) is 0 Å². The van der Waals surface area contributed by atoms with Crippen LogP contribution in [0.5, 0.6) is 0 Å². The van der Waals surface area contributed by atoms with Crippen LogP contribution in [0.3, 0.4) is 0 Å². The van der Waals surface area contributed by atoms with Crippen molar-refractivity contribution < 1.29 is 12.5 Å². The summed E-state index contributed by atoms with van der Waals surface area (Å²) >= 11 is 0. The molecule has 4 heteroatoms. The zero-order valence-corrected chi connectivity index (χ0v) is 8.20. The molecule has 0 aliphatic heterocycles. The molecule has 0 amide bonds. The molecule has 0 atom stereocenters. The number of hydrogen-bond acceptors (Lipinski definition) is 3. The molecule has 0 radical (unpaired) electrons. The molecule has 0 bridgehead atoms. The summed E-state index contributed by atoms with van der Waals surface area (Å²) in [5, 5.41) is 0. The van der Waals surface area contributed by atoms with Crippen molar-refractivity contribution >= 4 is 43.7 Å². The molecule has 56 valence electrons. The van der Waals surface area contributed by atoms with Gasteiger partial charge in [0.1, 0.15) is 0 Å². The van der Waals surface area contributed by atoms with E-state index in [1.54, 1.807) is 24.3 Å². The second kappa shape index (κ2) is 5.55. The minimum Gasteiger partial charge on any atom is -1.00 e. The maximum Gasteiger partial charge on any atom is 2.00 e. The van der Waals surface area contributed by atoms with Crippen molar-refractivity contribution in [1.82, 2.24) is 0 Å². The number of rotatable bonds is 1. The van der Waals surface area contributed by atoms with Gasteiger partial charge >= 0.3 is 43.7 Å². The maximum atomic E-state index is 10.7. The molecule has 0 aliphatic carbocycles. The van der Waals surface area contributed by atoms with E-state index in [1.165, 1.54) is 0 Å². The topological polar surface area (TPSA) is 52.3 Å². The summed E-state index contributed by atoms with van der Waals surface area (Å²) in [6, 6.07) is 8.57. The molecular formula is C7H9CaNO2. The van der Waals surface area contributed by atoms with Gasteiger partial charge in [0.25, 0.3) is 0 Å². The van der Waals surface area contributed by atoms with Crippen LogP contribution in [-0.4, -0.2) is 43.7 Å². The van der Waals surface area contributed by atoms with Gasteiger partial charge in [0.05, 0.1) is 5.56 Å². The summed E-state index contributed by atoms with van der Waals surface area (Å²) in [6.45, 7) is 0. The molecule has 0 aromatic heterocycles. The molecule has 0 heterocycles. The first-order chi connectivity index (χ1) is 4.84. The number of carbonyl (C=O) groups excluding carboxylic acids is 1. The van der Waals surface area contributed by atoms with Gasteiger partial charge in [-0.15, -0.1) is 0 Å². The zero-order chi connectivity index (χ0) is 7.40. The van der Waals surface area contributed by atoms with E-state index in [4.69, 9.17) is 0 Å². The van der Waals surface area contributed by atoms with Gasteiger partial charge in [-0.1, -0.05) is 18.2 Å². The second-order valence-electron chi connectivity index (χ2n) is 1.77. The van der Waals surface area contributed by atoms with Gasteiger partial charge < -0.3 is 7.69 Å². The molecule has 11 heavy (non-hydrogen) atoms. The molecule has 0 unspecified atom stereocenters. The standard InChI is InChI=1S/C7H7NO2.Ca.2H/c8-10-7(9)6-4-2-1-3-5-6;;;/h1-5H,8H2;;;/q;+2;2*-1. The van der Waals surface area contributed by atoms with Crippen LogP contribution in [0.15, 0.2) is 30.3 Å². The fourth-order valence-electron chi connectivity index (χ4n) is 0.642. The Morgan fingerprint density at radius 2 is 1.91 bits per heavy atom. The summed E-state index contributed by atoms with van der Waals surface area (Å²) < 4.78 is 0. The number of carbonyl (C=O) groups is 1. The minimum atomic E-state index is -0.513. The quantitative estimate of drug-likeness (QED) is 0.506. The first kappa shape index (κ1) is 10.9. The Labute approximate surface area is 97.5 Å². The summed E-state index contributed by atoms with van der Waals surface area (Å²) in [4.78, 5) is 14.7. The molecule has 0 aliphatic rings. The summed E-state index contributed by atoms with van der Waals surface area (Å²) in [6.07, 6.45) is 0. The van der Waals surface area contributed by atoms with Crippen LogP contribution in [0.4, 0.5) is 0 Å². The van der Waals surface area contributed by atoms with Gasteiger partial charge in [0, 0.05) is 0 Å². The first-order valence-electron chi connectivity index (χ1n) is 2.80. The van der Waals surface area contributed by atoms with E-state index >= 15 is 0 Å². The Hall–Kier alpha value is -0.0903. The predicted octanol–water partition coefficient (Wildman–Crippen LogP) is 0.561. The molecule has 1 aromatic rings. The smallest absolute Gasteiger partial charge is 1.00 e. The number of nitrogens with two attached hydrogens (primary N) is 1. The fourth-order valence-corrected chi connectivity index (χ4v) is 0.642. The van der Waals surface area contributed by atoms with Gasteiger partial charge in [-0.25, -0.2) is 4.79 Å². The fraction of sp³-hybridized carbons (Fsp3) is 0. The van der Waals surface area contributed by atoms with Crippen LogP contribution in [0.1, 0.15) is 13.2 Å². The van der Waals surface area contributed by atoms with Crippen LogP contribution in [-0.2, 0) is 4.84 Å². The molecule has 0 saturated heterocycles. The van der Waals surface area contributed by atoms with Gasteiger partial charge in [-0.2, -0.15) is 5.90 Å². The third-order valence-electron chi connectivity index (χ3n) is 1.12. The minimum absolute atomic E-state index is 0. The van der Waals surface area contributed by atoms with Gasteiger partial charge in [0.15, 0.2) is 0 Å². The van der Waals surface area contributed by atoms with E-state index in [1.807, 2.05) is 6.07 Å². The molecule has 3 nitrogen and oxygen atoms in total. The maximum absolute atomic E-state index is 10.7. The Kier molecular flexibility index (Phi) is 5.50. The Morgan fingerprint density at radius 3 is 2.36 bits per heavy atom. The molecular weight excluding hydrogens is 170 g/mol. The van der Waals surface area contributed by atoms with Crippen molar-refractivity contribution in [3.63, 3.8) is 0 Å². The monoisotopic (exact) mass is 179 g/mol. The molecule has 0 fully saturated rings. The SMILES string of the molecule is NOC(=O)c1ccccc1.[Ca+2].[H-].[H-]. The van der Waals surface area contributed by atoms with Gasteiger partial charge in [0.2, 0.25) is 0 Å². The molecule has 0 spiro atoms. The Bertz CT molecular complexity index is 233. The van der Waals surface area contributed by atoms with E-state index in [0.717, 1.165) is 0 Å². The normalized spacial score (nSPS) is 8.09. The molecule has 2 N–H and O–H groups in total. The Balaban J connectivity index is -0.000000333. The average molecular weight is 179 g/mol. The summed E-state index contributed by atoms with van der Waals surface area (Å²) in [5.74, 6) is 4.14. The largest absolute Gasteiger partial charge is 2.00 e. The predicted molar refractivity (Wildman–Crippen MR) is 44.0 cm³/mol. The van der Waals surface area contributed by atoms with Gasteiger partial charge in [-0.3, -0.25) is 0 Å². The van der Waals surface area contributed by atoms with Gasteiger partial charge in [-0.05, 0) is 12.1 Å². The van der Waals surface area contributed by atoms with Crippen molar-refractivity contribution in [2.45, 2.75) is 0 Å². The van der Waals surface area contributed by atoms with Crippen LogP contribution in [0, 0.1) is 0 Å². The summed E-state index contributed by atoms with van der Waals surface area (Å²) in [5.41, 5.74) is 0.463.